The molecule has 0 bridgehead atoms. The van der Waals surface area contributed by atoms with Crippen LogP contribution in [0.1, 0.15) is 111 Å². The summed E-state index contributed by atoms with van der Waals surface area (Å²) in [5.74, 6) is -2.77. The average molecular weight is 797 g/mol. The maximum absolute atomic E-state index is 13.8. The number of ether oxygens (including phenoxy) is 7. The van der Waals surface area contributed by atoms with Crippen molar-refractivity contribution >= 4 is 23.9 Å². The van der Waals surface area contributed by atoms with Crippen LogP contribution < -0.4 is 9.47 Å². The first-order chi connectivity index (χ1) is 28.6. The van der Waals surface area contributed by atoms with Gasteiger partial charge >= 0.3 is 23.9 Å². The van der Waals surface area contributed by atoms with Crippen LogP contribution in [0.4, 0.5) is 0 Å². The zero-order chi connectivity index (χ0) is 45.3. The fourth-order valence-electron chi connectivity index (χ4n) is 5.21. The standard InChI is InChI=1S/C44H60N2O11/c1-26-30(23-27-19-21-29(22-20-27)51-24-28-17-15-14-16-18-28)35(46-45-26)57-36-34(56-40(50)44(11,12)13)33(55-39(49)43(8,9)10)32(54-38(48)42(5,6)7)31(53-36)25-52-37(47)41(2,3)4/h14-22,31-34,36H,23-25H2,1-13H3,(H,45,46)/t31-,32-,33+,34-,36?/m1/s1/i2D,5D,8D,11D. The molecule has 2 aromatic carbocycles. The summed E-state index contributed by atoms with van der Waals surface area (Å²) < 4.78 is 74.5. The van der Waals surface area contributed by atoms with E-state index in [2.05, 4.69) is 10.2 Å². The third-order valence-corrected chi connectivity index (χ3v) is 8.73. The van der Waals surface area contributed by atoms with Gasteiger partial charge in [0.2, 0.25) is 18.3 Å². The van der Waals surface area contributed by atoms with Crippen molar-refractivity contribution in [3.05, 3.63) is 77.0 Å². The number of benzene rings is 2. The fraction of sp³-hybridized carbons (Fsp3) is 0.568. The van der Waals surface area contributed by atoms with Gasteiger partial charge in [0.25, 0.3) is 0 Å². The van der Waals surface area contributed by atoms with Crippen molar-refractivity contribution in [3.63, 3.8) is 0 Å². The highest BCUT2D eigenvalue weighted by Gasteiger charge is 2.56. The van der Waals surface area contributed by atoms with E-state index in [4.69, 9.17) is 38.6 Å². The van der Waals surface area contributed by atoms with E-state index < -0.39 is 89.7 Å². The molecule has 57 heavy (non-hydrogen) atoms. The first-order valence-corrected chi connectivity index (χ1v) is 18.7. The molecule has 0 amide bonds. The van der Waals surface area contributed by atoms with Gasteiger partial charge in [0.1, 0.15) is 25.1 Å². The molecular formula is C44H60N2O11. The molecule has 0 spiro atoms. The molecule has 1 fully saturated rings. The van der Waals surface area contributed by atoms with Crippen LogP contribution in [0.2, 0.25) is 0 Å². The van der Waals surface area contributed by atoms with E-state index in [1.165, 1.54) is 55.4 Å². The smallest absolute Gasteiger partial charge is 0.311 e. The lowest BCUT2D eigenvalue weighted by molar-refractivity contribution is -0.294. The van der Waals surface area contributed by atoms with Gasteiger partial charge < -0.3 is 33.2 Å². The number of aromatic nitrogens is 2. The van der Waals surface area contributed by atoms with E-state index in [9.17, 15) is 19.2 Å². The van der Waals surface area contributed by atoms with Gasteiger partial charge in [0, 0.05) is 23.2 Å². The number of nitrogens with one attached hydrogen (secondary N) is 1. The van der Waals surface area contributed by atoms with E-state index in [0.717, 1.165) is 11.1 Å². The summed E-state index contributed by atoms with van der Waals surface area (Å²) in [6.45, 7) is 12.0. The summed E-state index contributed by atoms with van der Waals surface area (Å²) >= 11 is 0. The first kappa shape index (κ1) is 38.9. The Morgan fingerprint density at radius 1 is 0.702 bits per heavy atom. The van der Waals surface area contributed by atoms with Gasteiger partial charge in [0.05, 0.1) is 21.7 Å². The number of esters is 4. The Kier molecular flexibility index (Phi) is 12.1. The summed E-state index contributed by atoms with van der Waals surface area (Å²) in [5.41, 5.74) is -2.27. The monoisotopic (exact) mass is 796 g/mol. The number of aromatic amines is 1. The van der Waals surface area contributed by atoms with Crippen LogP contribution >= 0.6 is 0 Å². The van der Waals surface area contributed by atoms with Gasteiger partial charge in [-0.1, -0.05) is 42.5 Å². The lowest BCUT2D eigenvalue weighted by atomic mass is 9.93. The van der Waals surface area contributed by atoms with Crippen molar-refractivity contribution in [3.8, 4) is 11.6 Å². The van der Waals surface area contributed by atoms with E-state index in [1.54, 1.807) is 6.92 Å². The number of rotatable bonds is 12. The molecule has 4 rings (SSSR count). The molecule has 2 heterocycles. The van der Waals surface area contributed by atoms with Crippen molar-refractivity contribution < 1.29 is 57.8 Å². The van der Waals surface area contributed by atoms with E-state index in [0.29, 0.717) is 30.0 Å². The molecule has 312 valence electrons. The zero-order valence-electron chi connectivity index (χ0n) is 38.5. The van der Waals surface area contributed by atoms with E-state index in [1.807, 2.05) is 54.6 Å². The summed E-state index contributed by atoms with van der Waals surface area (Å²) in [6.07, 6.45) is -7.82. The summed E-state index contributed by atoms with van der Waals surface area (Å²) in [5, 5.41) is 7.31. The average Bonchev–Trinajstić information content (AvgIpc) is 3.58. The van der Waals surface area contributed by atoms with Crippen LogP contribution in [0.25, 0.3) is 0 Å². The minimum atomic E-state index is -1.70. The van der Waals surface area contributed by atoms with Crippen LogP contribution in [0.3, 0.4) is 0 Å². The van der Waals surface area contributed by atoms with Crippen LogP contribution in [0.5, 0.6) is 11.6 Å². The van der Waals surface area contributed by atoms with Crippen molar-refractivity contribution in [2.45, 2.75) is 134 Å². The van der Waals surface area contributed by atoms with Crippen LogP contribution in [0.15, 0.2) is 54.6 Å². The zero-order valence-corrected chi connectivity index (χ0v) is 34.5. The number of nitrogens with zero attached hydrogens (tertiary/aromatic N) is 1. The molecule has 13 nitrogen and oxygen atoms in total. The molecule has 1 unspecified atom stereocenters. The van der Waals surface area contributed by atoms with Gasteiger partial charge in [0.15, 0.2) is 12.2 Å². The summed E-state index contributed by atoms with van der Waals surface area (Å²) in [6, 6.07) is 17.2. The molecule has 3 aromatic rings. The van der Waals surface area contributed by atoms with Gasteiger partial charge in [-0.2, -0.15) is 0 Å². The van der Waals surface area contributed by atoms with Gasteiger partial charge in [-0.15, -0.1) is 5.10 Å². The largest absolute Gasteiger partial charge is 0.489 e. The van der Waals surface area contributed by atoms with E-state index in [-0.39, 0.29) is 26.6 Å². The number of hydrogen-bond donors (Lipinski definition) is 1. The van der Waals surface area contributed by atoms with Crippen molar-refractivity contribution in [1.29, 1.82) is 0 Å². The lowest BCUT2D eigenvalue weighted by Crippen LogP contribution is -2.65. The van der Waals surface area contributed by atoms with Gasteiger partial charge in [-0.05, 0) is 113 Å². The molecule has 0 radical (unpaired) electrons. The van der Waals surface area contributed by atoms with Crippen LogP contribution in [-0.2, 0) is 55.9 Å². The van der Waals surface area contributed by atoms with Crippen LogP contribution in [-0.4, -0.2) is 71.4 Å². The molecule has 5 atom stereocenters. The maximum Gasteiger partial charge on any atom is 0.311 e. The predicted octanol–water partition coefficient (Wildman–Crippen LogP) is 7.45. The Morgan fingerprint density at radius 3 is 1.79 bits per heavy atom. The van der Waals surface area contributed by atoms with E-state index >= 15 is 0 Å². The molecule has 0 saturated carbocycles. The molecule has 1 saturated heterocycles. The van der Waals surface area contributed by atoms with Crippen molar-refractivity contribution in [1.82, 2.24) is 10.2 Å². The number of carbonyl (C=O) groups is 4. The second-order valence-corrected chi connectivity index (χ2v) is 17.1. The summed E-state index contributed by atoms with van der Waals surface area (Å²) in [7, 11) is 0. The minimum Gasteiger partial charge on any atom is -0.489 e. The molecule has 1 aliphatic rings. The molecule has 1 aromatic heterocycles. The number of carbonyl (C=O) groups excluding carboxylic acids is 4. The highest BCUT2D eigenvalue weighted by atomic mass is 16.7. The quantitative estimate of drug-likeness (QED) is 0.143. The topological polar surface area (TPSA) is 162 Å². The SMILES string of the molecule is [2H]CC(C)(C)C(=O)OC[C@H]1OC(Oc2n[nH]c(C)c2Cc2ccc(OCc3ccccc3)cc2)[C@H](OC(=O)C(C)(C)C[2H])[C@@H](OC(=O)C(C)(C)C[2H])[C@@H]1OC(=O)C(C)(C)C[2H]. The van der Waals surface area contributed by atoms with Crippen molar-refractivity contribution in [2.24, 2.45) is 21.7 Å². The highest BCUT2D eigenvalue weighted by Crippen LogP contribution is 2.36. The number of hydrogen-bond acceptors (Lipinski definition) is 12. The van der Waals surface area contributed by atoms with Crippen LogP contribution in [0, 0.1) is 28.6 Å². The lowest BCUT2D eigenvalue weighted by Gasteiger charge is -2.45. The summed E-state index contributed by atoms with van der Waals surface area (Å²) in [4.78, 5) is 54.6. The molecule has 1 aliphatic heterocycles. The number of aryl methyl sites for hydroxylation is 1. The Bertz CT molecular complexity index is 1950. The minimum absolute atomic E-state index is 0.0288. The highest BCUT2D eigenvalue weighted by molar-refractivity contribution is 5.78. The Balaban J connectivity index is 1.79. The third-order valence-electron chi connectivity index (χ3n) is 8.73. The number of H-pyrrole nitrogens is 1. The third kappa shape index (κ3) is 12.3. The Morgan fingerprint density at radius 2 is 1.23 bits per heavy atom. The maximum atomic E-state index is 13.8. The molecule has 0 aliphatic carbocycles. The Hall–Kier alpha value is -4.91. The molecular weight excluding hydrogens is 732 g/mol. The second-order valence-electron chi connectivity index (χ2n) is 17.1. The normalized spacial score (nSPS) is 21.2. The Labute approximate surface area is 342 Å². The van der Waals surface area contributed by atoms with Gasteiger partial charge in [-0.3, -0.25) is 24.3 Å². The van der Waals surface area contributed by atoms with Gasteiger partial charge in [-0.25, -0.2) is 0 Å². The molecule has 13 heteroatoms. The van der Waals surface area contributed by atoms with Crippen molar-refractivity contribution in [2.75, 3.05) is 6.61 Å². The first-order valence-electron chi connectivity index (χ1n) is 21.5. The predicted molar refractivity (Wildman–Crippen MR) is 211 cm³/mol. The molecule has 1 N–H and O–H groups in total. The second kappa shape index (κ2) is 17.7. The fourth-order valence-corrected chi connectivity index (χ4v) is 5.21.